The zero-order valence-corrected chi connectivity index (χ0v) is 10.9. The molecule has 0 saturated heterocycles. The topological polar surface area (TPSA) is 35.8 Å². The van der Waals surface area contributed by atoms with Gasteiger partial charge in [0.2, 0.25) is 0 Å². The van der Waals surface area contributed by atoms with Crippen LogP contribution in [0.15, 0.2) is 42.5 Å². The maximum absolute atomic E-state index is 13.5. The van der Waals surface area contributed by atoms with Crippen LogP contribution < -0.4 is 5.32 Å². The number of anilines is 2. The van der Waals surface area contributed by atoms with Crippen LogP contribution in [0.4, 0.5) is 15.8 Å². The molecule has 0 aliphatic rings. The van der Waals surface area contributed by atoms with Crippen molar-refractivity contribution in [3.8, 4) is 6.07 Å². The smallest absolute Gasteiger partial charge is 0.143 e. The number of benzene rings is 2. The summed E-state index contributed by atoms with van der Waals surface area (Å²) in [5.41, 5.74) is 2.58. The van der Waals surface area contributed by atoms with E-state index in [1.165, 1.54) is 11.6 Å². The first kappa shape index (κ1) is 13.1. The minimum Gasteiger partial charge on any atom is -0.354 e. The molecular weight excluding hydrogens is 239 g/mol. The number of nitrogens with zero attached hydrogens (tertiary/aromatic N) is 1. The van der Waals surface area contributed by atoms with Crippen LogP contribution in [0.2, 0.25) is 0 Å². The third kappa shape index (κ3) is 2.92. The molecule has 96 valence electrons. The Balaban J connectivity index is 2.34. The third-order valence-electron chi connectivity index (χ3n) is 2.96. The average molecular weight is 254 g/mol. The number of hydrogen-bond donors (Lipinski definition) is 1. The van der Waals surface area contributed by atoms with Gasteiger partial charge in [-0.25, -0.2) is 4.39 Å². The summed E-state index contributed by atoms with van der Waals surface area (Å²) in [7, 11) is 0. The van der Waals surface area contributed by atoms with Gasteiger partial charge in [0.25, 0.3) is 0 Å². The molecule has 2 nitrogen and oxygen atoms in total. The van der Waals surface area contributed by atoms with Crippen molar-refractivity contribution in [2.75, 3.05) is 5.32 Å². The maximum Gasteiger partial charge on any atom is 0.143 e. The molecule has 0 aromatic heterocycles. The van der Waals surface area contributed by atoms with E-state index in [-0.39, 0.29) is 5.56 Å². The van der Waals surface area contributed by atoms with Gasteiger partial charge < -0.3 is 5.32 Å². The highest BCUT2D eigenvalue weighted by Gasteiger charge is 2.08. The Morgan fingerprint density at radius 3 is 2.58 bits per heavy atom. The first-order valence-electron chi connectivity index (χ1n) is 6.17. The van der Waals surface area contributed by atoms with Crippen LogP contribution in [0.25, 0.3) is 0 Å². The normalized spacial score (nSPS) is 10.3. The molecule has 0 unspecified atom stereocenters. The minimum atomic E-state index is -0.507. The Hall–Kier alpha value is -2.34. The number of rotatable bonds is 3. The van der Waals surface area contributed by atoms with Crippen molar-refractivity contribution < 1.29 is 4.39 Å². The molecule has 0 spiro atoms. The fraction of sp³-hybridized carbons (Fsp3) is 0.188. The summed E-state index contributed by atoms with van der Waals surface area (Å²) in [4.78, 5) is 0. The van der Waals surface area contributed by atoms with Crippen LogP contribution >= 0.6 is 0 Å². The molecule has 1 N–H and O–H groups in total. The Labute approximate surface area is 112 Å². The van der Waals surface area contributed by atoms with Crippen LogP contribution in [0.3, 0.4) is 0 Å². The SMILES string of the molecule is CC(C)c1cccc(Nc2cccc(F)c2C#N)c1. The largest absolute Gasteiger partial charge is 0.354 e. The fourth-order valence-electron chi connectivity index (χ4n) is 1.87. The summed E-state index contributed by atoms with van der Waals surface area (Å²) in [6.07, 6.45) is 0. The van der Waals surface area contributed by atoms with E-state index in [0.29, 0.717) is 11.6 Å². The Morgan fingerprint density at radius 1 is 1.16 bits per heavy atom. The van der Waals surface area contributed by atoms with Crippen molar-refractivity contribution >= 4 is 11.4 Å². The molecule has 0 radical (unpaired) electrons. The molecule has 0 amide bonds. The van der Waals surface area contributed by atoms with Crippen molar-refractivity contribution in [2.24, 2.45) is 0 Å². The van der Waals surface area contributed by atoms with Gasteiger partial charge >= 0.3 is 0 Å². The molecule has 2 rings (SSSR count). The summed E-state index contributed by atoms with van der Waals surface area (Å²) >= 11 is 0. The van der Waals surface area contributed by atoms with Crippen LogP contribution in [0, 0.1) is 17.1 Å². The van der Waals surface area contributed by atoms with Crippen LogP contribution in [-0.2, 0) is 0 Å². The standard InChI is InChI=1S/C16H15FN2/c1-11(2)12-5-3-6-13(9-12)19-16-8-4-7-15(17)14(16)10-18/h3-9,11,19H,1-2H3. The molecule has 0 saturated carbocycles. The first-order chi connectivity index (χ1) is 9.11. The lowest BCUT2D eigenvalue weighted by molar-refractivity contribution is 0.624. The van der Waals surface area contributed by atoms with Crippen molar-refractivity contribution in [2.45, 2.75) is 19.8 Å². The van der Waals surface area contributed by atoms with Gasteiger partial charge in [0, 0.05) is 5.69 Å². The third-order valence-corrected chi connectivity index (χ3v) is 2.96. The van der Waals surface area contributed by atoms with Gasteiger partial charge in [-0.3, -0.25) is 0 Å². The highest BCUT2D eigenvalue weighted by Crippen LogP contribution is 2.25. The molecule has 0 atom stereocenters. The van der Waals surface area contributed by atoms with Crippen molar-refractivity contribution in [3.63, 3.8) is 0 Å². The number of nitrogens with one attached hydrogen (secondary N) is 1. The van der Waals surface area contributed by atoms with E-state index in [1.807, 2.05) is 30.3 Å². The Bertz CT molecular complexity index is 627. The summed E-state index contributed by atoms with van der Waals surface area (Å²) in [6, 6.07) is 14.4. The molecule has 0 aliphatic carbocycles. The highest BCUT2D eigenvalue weighted by molar-refractivity contribution is 5.67. The summed E-state index contributed by atoms with van der Waals surface area (Å²) < 4.78 is 13.5. The van der Waals surface area contributed by atoms with Crippen LogP contribution in [0.5, 0.6) is 0 Å². The van der Waals surface area contributed by atoms with Crippen molar-refractivity contribution in [1.82, 2.24) is 0 Å². The summed E-state index contributed by atoms with van der Waals surface area (Å²) in [5, 5.41) is 12.1. The highest BCUT2D eigenvalue weighted by atomic mass is 19.1. The zero-order chi connectivity index (χ0) is 13.8. The van der Waals surface area contributed by atoms with E-state index in [4.69, 9.17) is 5.26 Å². The van der Waals surface area contributed by atoms with Crippen molar-refractivity contribution in [3.05, 3.63) is 59.4 Å². The molecule has 19 heavy (non-hydrogen) atoms. The number of nitriles is 1. The van der Waals surface area contributed by atoms with E-state index in [1.54, 1.807) is 12.1 Å². The molecule has 3 heteroatoms. The lowest BCUT2D eigenvalue weighted by atomic mass is 10.0. The lowest BCUT2D eigenvalue weighted by Gasteiger charge is -2.11. The fourth-order valence-corrected chi connectivity index (χ4v) is 1.87. The predicted molar refractivity (Wildman–Crippen MR) is 74.9 cm³/mol. The van der Waals surface area contributed by atoms with Gasteiger partial charge in [0.05, 0.1) is 5.69 Å². The summed E-state index contributed by atoms with van der Waals surface area (Å²) in [5.74, 6) is -0.0859. The van der Waals surface area contributed by atoms with Crippen LogP contribution in [0.1, 0.15) is 30.9 Å². The molecule has 2 aromatic carbocycles. The second kappa shape index (κ2) is 5.53. The molecule has 0 heterocycles. The minimum absolute atomic E-state index is 0.0393. The van der Waals surface area contributed by atoms with E-state index in [9.17, 15) is 4.39 Å². The second-order valence-corrected chi connectivity index (χ2v) is 4.68. The predicted octanol–water partition coefficient (Wildman–Crippen LogP) is 4.56. The molecule has 2 aromatic rings. The Kier molecular flexibility index (Phi) is 3.82. The average Bonchev–Trinajstić information content (AvgIpc) is 2.39. The number of halogens is 1. The monoisotopic (exact) mass is 254 g/mol. The molecule has 0 bridgehead atoms. The lowest BCUT2D eigenvalue weighted by Crippen LogP contribution is -1.97. The zero-order valence-electron chi connectivity index (χ0n) is 10.9. The molecule has 0 aliphatic heterocycles. The summed E-state index contributed by atoms with van der Waals surface area (Å²) in [6.45, 7) is 4.23. The second-order valence-electron chi connectivity index (χ2n) is 4.68. The molecule has 0 fully saturated rings. The van der Waals surface area contributed by atoms with Gasteiger partial charge in [-0.1, -0.05) is 32.0 Å². The van der Waals surface area contributed by atoms with E-state index in [0.717, 1.165) is 5.69 Å². The van der Waals surface area contributed by atoms with Gasteiger partial charge in [-0.15, -0.1) is 0 Å². The van der Waals surface area contributed by atoms with E-state index in [2.05, 4.69) is 19.2 Å². The Morgan fingerprint density at radius 2 is 1.89 bits per heavy atom. The van der Waals surface area contributed by atoms with E-state index < -0.39 is 5.82 Å². The van der Waals surface area contributed by atoms with Crippen LogP contribution in [-0.4, -0.2) is 0 Å². The van der Waals surface area contributed by atoms with Crippen molar-refractivity contribution in [1.29, 1.82) is 5.26 Å². The maximum atomic E-state index is 13.5. The van der Waals surface area contributed by atoms with Gasteiger partial charge in [0.15, 0.2) is 0 Å². The first-order valence-corrected chi connectivity index (χ1v) is 6.17. The van der Waals surface area contributed by atoms with E-state index >= 15 is 0 Å². The van der Waals surface area contributed by atoms with Gasteiger partial charge in [-0.2, -0.15) is 5.26 Å². The van der Waals surface area contributed by atoms with Gasteiger partial charge in [-0.05, 0) is 35.7 Å². The number of hydrogen-bond acceptors (Lipinski definition) is 2. The molecular formula is C16H15FN2. The van der Waals surface area contributed by atoms with Gasteiger partial charge in [0.1, 0.15) is 17.4 Å². The quantitative estimate of drug-likeness (QED) is 0.871.